The van der Waals surface area contributed by atoms with Gasteiger partial charge >= 0.3 is 0 Å². The van der Waals surface area contributed by atoms with Gasteiger partial charge in [-0.05, 0) is 17.7 Å². The summed E-state index contributed by atoms with van der Waals surface area (Å²) >= 11 is 0. The van der Waals surface area contributed by atoms with Gasteiger partial charge in [0.2, 0.25) is 5.95 Å². The number of hydrogen-bond donors (Lipinski definition) is 4. The van der Waals surface area contributed by atoms with E-state index in [9.17, 15) is 5.11 Å². The third-order valence-corrected chi connectivity index (χ3v) is 2.70. The first-order valence-electron chi connectivity index (χ1n) is 5.71. The minimum atomic E-state index is 0.174. The van der Waals surface area contributed by atoms with Gasteiger partial charge in [-0.3, -0.25) is 0 Å². The summed E-state index contributed by atoms with van der Waals surface area (Å²) in [7, 11) is 0. The summed E-state index contributed by atoms with van der Waals surface area (Å²) in [5, 5.41) is 12.4. The van der Waals surface area contributed by atoms with E-state index in [2.05, 4.69) is 25.3 Å². The highest BCUT2D eigenvalue weighted by Gasteiger charge is 2.07. The summed E-state index contributed by atoms with van der Waals surface area (Å²) in [6, 6.07) is 6.93. The molecule has 0 spiro atoms. The fourth-order valence-corrected chi connectivity index (χ4v) is 1.78. The van der Waals surface area contributed by atoms with E-state index in [-0.39, 0.29) is 11.7 Å². The second kappa shape index (κ2) is 4.45. The van der Waals surface area contributed by atoms with E-state index in [1.807, 2.05) is 12.1 Å². The quantitative estimate of drug-likeness (QED) is 0.561. The number of nitrogens with one attached hydrogen (secondary N) is 2. The molecule has 0 unspecified atom stereocenters. The van der Waals surface area contributed by atoms with E-state index in [0.29, 0.717) is 23.5 Å². The third kappa shape index (κ3) is 2.25. The number of nitrogens with two attached hydrogens (primary N) is 1. The monoisotopic (exact) mass is 256 g/mol. The maximum Gasteiger partial charge on any atom is 0.224 e. The molecular weight excluding hydrogens is 244 g/mol. The summed E-state index contributed by atoms with van der Waals surface area (Å²) in [6.45, 7) is 0.560. The van der Waals surface area contributed by atoms with Crippen molar-refractivity contribution in [3.8, 4) is 5.75 Å². The molecule has 0 bridgehead atoms. The first kappa shape index (κ1) is 11.3. The second-order valence-corrected chi connectivity index (χ2v) is 4.05. The fraction of sp³-hybridized carbons (Fsp3) is 0.0833. The second-order valence-electron chi connectivity index (χ2n) is 4.05. The molecule has 1 aromatic carbocycles. The number of aromatic amines is 1. The predicted molar refractivity (Wildman–Crippen MR) is 71.5 cm³/mol. The van der Waals surface area contributed by atoms with Crippen LogP contribution >= 0.6 is 0 Å². The topological polar surface area (TPSA) is 113 Å². The van der Waals surface area contributed by atoms with Crippen LogP contribution in [-0.4, -0.2) is 25.0 Å². The van der Waals surface area contributed by atoms with Crippen molar-refractivity contribution in [2.24, 2.45) is 0 Å². The van der Waals surface area contributed by atoms with E-state index in [1.165, 1.54) is 0 Å². The van der Waals surface area contributed by atoms with E-state index in [0.717, 1.165) is 5.56 Å². The van der Waals surface area contributed by atoms with Gasteiger partial charge in [-0.1, -0.05) is 12.1 Å². The number of nitrogens with zero attached hydrogens (tertiary/aromatic N) is 3. The van der Waals surface area contributed by atoms with Crippen molar-refractivity contribution in [3.63, 3.8) is 0 Å². The summed E-state index contributed by atoms with van der Waals surface area (Å²) in [6.07, 6.45) is 1.55. The van der Waals surface area contributed by atoms with Gasteiger partial charge in [-0.2, -0.15) is 9.97 Å². The van der Waals surface area contributed by atoms with Gasteiger partial charge < -0.3 is 21.1 Å². The van der Waals surface area contributed by atoms with E-state index < -0.39 is 0 Å². The van der Waals surface area contributed by atoms with Gasteiger partial charge in [0.15, 0.2) is 11.5 Å². The molecule has 3 rings (SSSR count). The van der Waals surface area contributed by atoms with Crippen molar-refractivity contribution >= 4 is 22.9 Å². The molecule has 0 amide bonds. The minimum Gasteiger partial charge on any atom is -0.508 e. The molecular formula is C12H12N6O. The van der Waals surface area contributed by atoms with Crippen molar-refractivity contribution in [2.45, 2.75) is 6.54 Å². The number of benzene rings is 1. The zero-order valence-corrected chi connectivity index (χ0v) is 9.96. The molecule has 2 aromatic heterocycles. The van der Waals surface area contributed by atoms with Gasteiger partial charge in [0.1, 0.15) is 11.3 Å². The molecule has 19 heavy (non-hydrogen) atoms. The number of imidazole rings is 1. The van der Waals surface area contributed by atoms with Crippen molar-refractivity contribution in [1.29, 1.82) is 0 Å². The molecule has 5 N–H and O–H groups in total. The number of phenolic OH excluding ortho intramolecular Hbond substituents is 1. The Bertz CT molecular complexity index is 706. The number of phenols is 1. The molecule has 96 valence electrons. The van der Waals surface area contributed by atoms with Crippen LogP contribution in [-0.2, 0) is 6.54 Å². The van der Waals surface area contributed by atoms with Crippen LogP contribution in [0.25, 0.3) is 11.2 Å². The Morgan fingerprint density at radius 2 is 2.00 bits per heavy atom. The van der Waals surface area contributed by atoms with Gasteiger partial charge in [0, 0.05) is 6.54 Å². The van der Waals surface area contributed by atoms with Gasteiger partial charge in [0.05, 0.1) is 6.33 Å². The van der Waals surface area contributed by atoms with Crippen LogP contribution in [0.1, 0.15) is 5.56 Å². The van der Waals surface area contributed by atoms with Crippen LogP contribution in [0.4, 0.5) is 11.8 Å². The standard InChI is InChI=1S/C12H12N6O/c13-12-17-10(9-11(18-12)16-6-15-9)14-5-7-1-3-8(19)4-2-7/h1-4,6,19H,5H2,(H4,13,14,15,16,17,18). The third-order valence-electron chi connectivity index (χ3n) is 2.70. The maximum atomic E-state index is 9.22. The maximum absolute atomic E-state index is 9.22. The molecule has 0 radical (unpaired) electrons. The Kier molecular flexibility index (Phi) is 2.64. The average molecular weight is 256 g/mol. The van der Waals surface area contributed by atoms with Crippen LogP contribution in [0.3, 0.4) is 0 Å². The highest BCUT2D eigenvalue weighted by atomic mass is 16.3. The van der Waals surface area contributed by atoms with E-state index in [4.69, 9.17) is 5.73 Å². The molecule has 0 saturated carbocycles. The van der Waals surface area contributed by atoms with Gasteiger partial charge in [-0.15, -0.1) is 0 Å². The lowest BCUT2D eigenvalue weighted by atomic mass is 10.2. The number of fused-ring (bicyclic) bond motifs is 1. The minimum absolute atomic E-state index is 0.174. The van der Waals surface area contributed by atoms with E-state index >= 15 is 0 Å². The van der Waals surface area contributed by atoms with Crippen LogP contribution < -0.4 is 11.1 Å². The predicted octanol–water partition coefficient (Wildman–Crippen LogP) is 1.25. The number of rotatable bonds is 3. The summed E-state index contributed by atoms with van der Waals surface area (Å²) in [5.74, 6) is 1.02. The zero-order chi connectivity index (χ0) is 13.2. The van der Waals surface area contributed by atoms with Crippen LogP contribution in [0.2, 0.25) is 0 Å². The highest BCUT2D eigenvalue weighted by Crippen LogP contribution is 2.18. The van der Waals surface area contributed by atoms with Crippen molar-refractivity contribution < 1.29 is 5.11 Å². The SMILES string of the molecule is Nc1nc(NCc2ccc(O)cc2)c2[nH]cnc2n1. The number of H-pyrrole nitrogens is 1. The molecule has 0 fully saturated rings. The lowest BCUT2D eigenvalue weighted by Gasteiger charge is -2.07. The summed E-state index contributed by atoms with van der Waals surface area (Å²) in [4.78, 5) is 15.2. The Labute approximate surface area is 108 Å². The Morgan fingerprint density at radius 3 is 2.79 bits per heavy atom. The molecule has 7 heteroatoms. The average Bonchev–Trinajstić information content (AvgIpc) is 2.85. The number of aromatic nitrogens is 4. The van der Waals surface area contributed by atoms with E-state index in [1.54, 1.807) is 18.5 Å². The number of hydrogen-bond acceptors (Lipinski definition) is 6. The normalized spacial score (nSPS) is 10.7. The first-order chi connectivity index (χ1) is 9.22. The van der Waals surface area contributed by atoms with Crippen LogP contribution in [0.15, 0.2) is 30.6 Å². The first-order valence-corrected chi connectivity index (χ1v) is 5.71. The molecule has 0 aliphatic rings. The fourth-order valence-electron chi connectivity index (χ4n) is 1.78. The Hall–Kier alpha value is -2.83. The van der Waals surface area contributed by atoms with Crippen molar-refractivity contribution in [1.82, 2.24) is 19.9 Å². The van der Waals surface area contributed by atoms with Crippen LogP contribution in [0, 0.1) is 0 Å². The molecule has 0 aliphatic carbocycles. The number of nitrogen functional groups attached to an aromatic ring is 1. The van der Waals surface area contributed by atoms with Gasteiger partial charge in [-0.25, -0.2) is 4.98 Å². The Balaban J connectivity index is 1.85. The zero-order valence-electron chi connectivity index (χ0n) is 9.96. The number of anilines is 2. The summed E-state index contributed by atoms with van der Waals surface area (Å²) in [5.41, 5.74) is 7.88. The molecule has 7 nitrogen and oxygen atoms in total. The van der Waals surface area contributed by atoms with Gasteiger partial charge in [0.25, 0.3) is 0 Å². The smallest absolute Gasteiger partial charge is 0.224 e. The molecule has 0 saturated heterocycles. The largest absolute Gasteiger partial charge is 0.508 e. The Morgan fingerprint density at radius 1 is 1.21 bits per heavy atom. The van der Waals surface area contributed by atoms with Crippen LogP contribution in [0.5, 0.6) is 5.75 Å². The van der Waals surface area contributed by atoms with Crippen molar-refractivity contribution in [3.05, 3.63) is 36.2 Å². The highest BCUT2D eigenvalue weighted by molar-refractivity contribution is 5.83. The molecule has 0 atom stereocenters. The molecule has 0 aliphatic heterocycles. The lowest BCUT2D eigenvalue weighted by Crippen LogP contribution is -2.05. The summed E-state index contributed by atoms with van der Waals surface area (Å²) < 4.78 is 0. The number of aromatic hydroxyl groups is 1. The molecule has 3 aromatic rings. The van der Waals surface area contributed by atoms with Crippen molar-refractivity contribution in [2.75, 3.05) is 11.1 Å². The lowest BCUT2D eigenvalue weighted by molar-refractivity contribution is 0.475. The molecule has 2 heterocycles.